The van der Waals surface area contributed by atoms with Gasteiger partial charge in [0.25, 0.3) is 5.91 Å². The van der Waals surface area contributed by atoms with E-state index in [9.17, 15) is 14.4 Å². The quantitative estimate of drug-likeness (QED) is 0.480. The lowest BCUT2D eigenvalue weighted by Crippen LogP contribution is -2.41. The molecule has 9 heteroatoms. The Labute approximate surface area is 141 Å². The van der Waals surface area contributed by atoms with E-state index in [0.717, 1.165) is 4.90 Å². The zero-order valence-corrected chi connectivity index (χ0v) is 13.5. The SMILES string of the molecule is CCOC(=O)C(=N)C1C(=O)N(c2ccc(Cl)c(Cl)c2)C(=O)C1N. The number of amides is 2. The number of rotatable bonds is 4. The monoisotopic (exact) mass is 357 g/mol. The molecule has 7 nitrogen and oxygen atoms in total. The topological polar surface area (TPSA) is 114 Å². The van der Waals surface area contributed by atoms with E-state index in [4.69, 9.17) is 34.3 Å². The Balaban J connectivity index is 2.36. The molecule has 122 valence electrons. The lowest BCUT2D eigenvalue weighted by atomic mass is 9.97. The third-order valence-electron chi connectivity index (χ3n) is 3.32. The van der Waals surface area contributed by atoms with E-state index in [2.05, 4.69) is 4.74 Å². The van der Waals surface area contributed by atoms with Gasteiger partial charge in [0.1, 0.15) is 17.7 Å². The molecule has 0 spiro atoms. The van der Waals surface area contributed by atoms with Crippen molar-refractivity contribution in [3.05, 3.63) is 28.2 Å². The lowest BCUT2D eigenvalue weighted by Gasteiger charge is -2.15. The summed E-state index contributed by atoms with van der Waals surface area (Å²) >= 11 is 11.7. The molecule has 2 amide bonds. The molecule has 2 atom stereocenters. The molecular formula is C14H13Cl2N3O4. The fraction of sp³-hybridized carbons (Fsp3) is 0.286. The van der Waals surface area contributed by atoms with Crippen LogP contribution in [0.1, 0.15) is 6.92 Å². The minimum absolute atomic E-state index is 0.0435. The molecule has 1 aromatic carbocycles. The number of nitrogens with two attached hydrogens (primary N) is 1. The molecule has 1 saturated heterocycles. The number of anilines is 1. The van der Waals surface area contributed by atoms with Gasteiger partial charge in [-0.25, -0.2) is 9.69 Å². The Bertz CT molecular complexity index is 707. The normalized spacial score (nSPS) is 20.8. The maximum Gasteiger partial charge on any atom is 0.352 e. The standard InChI is InChI=1S/C14H13Cl2N3O4/c1-2-23-14(22)11(18)9-10(17)13(21)19(12(9)20)6-3-4-7(15)8(16)5-6/h3-5,9-10,18H,2,17H2,1H3. The summed E-state index contributed by atoms with van der Waals surface area (Å²) in [6.45, 7) is 1.61. The number of hydrogen-bond donors (Lipinski definition) is 2. The summed E-state index contributed by atoms with van der Waals surface area (Å²) < 4.78 is 4.68. The number of carbonyl (C=O) groups is 3. The summed E-state index contributed by atoms with van der Waals surface area (Å²) in [5.74, 6) is -3.88. The summed E-state index contributed by atoms with van der Waals surface area (Å²) in [6, 6.07) is 2.85. The predicted molar refractivity (Wildman–Crippen MR) is 84.8 cm³/mol. The zero-order valence-electron chi connectivity index (χ0n) is 12.0. The molecule has 1 fully saturated rings. The molecule has 1 aliphatic heterocycles. The van der Waals surface area contributed by atoms with E-state index in [0.29, 0.717) is 0 Å². The van der Waals surface area contributed by atoms with Crippen molar-refractivity contribution in [3.8, 4) is 0 Å². The van der Waals surface area contributed by atoms with Gasteiger partial charge >= 0.3 is 5.97 Å². The van der Waals surface area contributed by atoms with Gasteiger partial charge in [0, 0.05) is 0 Å². The first-order chi connectivity index (χ1) is 10.8. The van der Waals surface area contributed by atoms with Gasteiger partial charge in [-0.2, -0.15) is 0 Å². The van der Waals surface area contributed by atoms with Crippen LogP contribution in [-0.2, 0) is 19.1 Å². The van der Waals surface area contributed by atoms with Gasteiger partial charge in [0.05, 0.1) is 22.3 Å². The summed E-state index contributed by atoms with van der Waals surface area (Å²) in [5.41, 5.74) is 5.24. The highest BCUT2D eigenvalue weighted by Gasteiger charge is 2.50. The van der Waals surface area contributed by atoms with Gasteiger partial charge < -0.3 is 10.5 Å². The molecule has 1 aliphatic rings. The summed E-state index contributed by atoms with van der Waals surface area (Å²) in [6.07, 6.45) is 0. The van der Waals surface area contributed by atoms with Crippen LogP contribution in [0.4, 0.5) is 5.69 Å². The predicted octanol–water partition coefficient (Wildman–Crippen LogP) is 1.39. The molecule has 1 heterocycles. The van der Waals surface area contributed by atoms with Crippen molar-refractivity contribution in [1.29, 1.82) is 5.41 Å². The number of imide groups is 1. The number of ether oxygens (including phenoxy) is 1. The van der Waals surface area contributed by atoms with Crippen LogP contribution < -0.4 is 10.6 Å². The number of hydrogen-bond acceptors (Lipinski definition) is 6. The smallest absolute Gasteiger partial charge is 0.352 e. The van der Waals surface area contributed by atoms with E-state index in [-0.39, 0.29) is 22.3 Å². The van der Waals surface area contributed by atoms with E-state index in [1.807, 2.05) is 0 Å². The first-order valence-corrected chi connectivity index (χ1v) is 7.39. The second-order valence-electron chi connectivity index (χ2n) is 4.75. The van der Waals surface area contributed by atoms with Crippen LogP contribution in [0, 0.1) is 11.3 Å². The molecule has 1 aromatic rings. The second kappa shape index (κ2) is 6.66. The summed E-state index contributed by atoms with van der Waals surface area (Å²) in [5, 5.41) is 8.19. The van der Waals surface area contributed by atoms with Crippen LogP contribution in [0.15, 0.2) is 18.2 Å². The highest BCUT2D eigenvalue weighted by Crippen LogP contribution is 2.31. The molecule has 0 aliphatic carbocycles. The van der Waals surface area contributed by atoms with E-state index in [1.54, 1.807) is 6.92 Å². The fourth-order valence-electron chi connectivity index (χ4n) is 2.21. The maximum atomic E-state index is 12.5. The van der Waals surface area contributed by atoms with E-state index in [1.165, 1.54) is 18.2 Å². The largest absolute Gasteiger partial charge is 0.462 e. The Morgan fingerprint density at radius 1 is 1.30 bits per heavy atom. The number of halogens is 2. The van der Waals surface area contributed by atoms with Gasteiger partial charge in [0.2, 0.25) is 5.91 Å². The molecule has 0 radical (unpaired) electrons. The summed E-state index contributed by atoms with van der Waals surface area (Å²) in [4.78, 5) is 37.2. The molecule has 2 rings (SSSR count). The fourth-order valence-corrected chi connectivity index (χ4v) is 2.50. The minimum Gasteiger partial charge on any atom is -0.462 e. The first kappa shape index (κ1) is 17.4. The number of benzene rings is 1. The number of carbonyl (C=O) groups excluding carboxylic acids is 3. The van der Waals surface area contributed by atoms with Crippen molar-refractivity contribution in [1.82, 2.24) is 0 Å². The number of nitrogens with zero attached hydrogens (tertiary/aromatic N) is 1. The Kier molecular flexibility index (Phi) is 5.03. The van der Waals surface area contributed by atoms with Gasteiger partial charge in [-0.15, -0.1) is 0 Å². The molecule has 0 aromatic heterocycles. The molecular weight excluding hydrogens is 345 g/mol. The first-order valence-electron chi connectivity index (χ1n) is 6.63. The average molecular weight is 358 g/mol. The third kappa shape index (κ3) is 3.08. The molecule has 2 unspecified atom stereocenters. The zero-order chi connectivity index (χ0) is 17.3. The van der Waals surface area contributed by atoms with Gasteiger partial charge in [0.15, 0.2) is 0 Å². The Morgan fingerprint density at radius 2 is 1.96 bits per heavy atom. The van der Waals surface area contributed by atoms with Crippen LogP contribution in [-0.4, -0.2) is 36.1 Å². The Morgan fingerprint density at radius 3 is 2.52 bits per heavy atom. The van der Waals surface area contributed by atoms with Crippen LogP contribution in [0.3, 0.4) is 0 Å². The molecule has 0 saturated carbocycles. The van der Waals surface area contributed by atoms with Crippen molar-refractivity contribution >= 4 is 52.4 Å². The van der Waals surface area contributed by atoms with Crippen molar-refractivity contribution in [2.75, 3.05) is 11.5 Å². The molecule has 0 bridgehead atoms. The third-order valence-corrected chi connectivity index (χ3v) is 4.06. The summed E-state index contributed by atoms with van der Waals surface area (Å²) in [7, 11) is 0. The van der Waals surface area contributed by atoms with Crippen LogP contribution in [0.25, 0.3) is 0 Å². The van der Waals surface area contributed by atoms with Crippen molar-refractivity contribution in [2.45, 2.75) is 13.0 Å². The average Bonchev–Trinajstić information content (AvgIpc) is 2.72. The minimum atomic E-state index is -1.39. The van der Waals surface area contributed by atoms with E-state index < -0.39 is 35.5 Å². The van der Waals surface area contributed by atoms with Crippen LogP contribution in [0.5, 0.6) is 0 Å². The highest BCUT2D eigenvalue weighted by atomic mass is 35.5. The molecule has 3 N–H and O–H groups in total. The van der Waals surface area contributed by atoms with Crippen LogP contribution >= 0.6 is 23.2 Å². The van der Waals surface area contributed by atoms with Gasteiger partial charge in [-0.3, -0.25) is 15.0 Å². The number of esters is 1. The Hall–Kier alpha value is -1.96. The van der Waals surface area contributed by atoms with Crippen molar-refractivity contribution in [3.63, 3.8) is 0 Å². The van der Waals surface area contributed by atoms with Crippen molar-refractivity contribution < 1.29 is 19.1 Å². The maximum absolute atomic E-state index is 12.5. The number of nitrogens with one attached hydrogen (secondary N) is 1. The van der Waals surface area contributed by atoms with Gasteiger partial charge in [-0.05, 0) is 25.1 Å². The highest BCUT2D eigenvalue weighted by molar-refractivity contribution is 6.45. The van der Waals surface area contributed by atoms with Crippen molar-refractivity contribution in [2.24, 2.45) is 11.7 Å². The lowest BCUT2D eigenvalue weighted by molar-refractivity contribution is -0.136. The second-order valence-corrected chi connectivity index (χ2v) is 5.56. The molecule has 23 heavy (non-hydrogen) atoms. The van der Waals surface area contributed by atoms with Gasteiger partial charge in [-0.1, -0.05) is 23.2 Å². The van der Waals surface area contributed by atoms with Crippen LogP contribution in [0.2, 0.25) is 10.0 Å². The van der Waals surface area contributed by atoms with E-state index >= 15 is 0 Å².